The summed E-state index contributed by atoms with van der Waals surface area (Å²) in [5.41, 5.74) is 7.57. The van der Waals surface area contributed by atoms with Crippen LogP contribution in [0, 0.1) is 6.92 Å². The molecule has 0 unspecified atom stereocenters. The number of benzene rings is 1. The molecule has 0 radical (unpaired) electrons. The first kappa shape index (κ1) is 11.7. The first-order chi connectivity index (χ1) is 7.63. The Kier molecular flexibility index (Phi) is 3.36. The fourth-order valence-electron chi connectivity index (χ4n) is 1.40. The van der Waals surface area contributed by atoms with Crippen LogP contribution in [-0.4, -0.2) is 20.2 Å². The van der Waals surface area contributed by atoms with Gasteiger partial charge in [-0.05, 0) is 66.9 Å². The van der Waals surface area contributed by atoms with Crippen LogP contribution in [-0.2, 0) is 6.54 Å². The molecule has 0 aliphatic heterocycles. The number of hydrogen-bond acceptors (Lipinski definition) is 4. The van der Waals surface area contributed by atoms with Gasteiger partial charge in [0.05, 0.1) is 12.2 Å². The molecule has 1 aromatic carbocycles. The zero-order chi connectivity index (χ0) is 11.7. The maximum Gasteiger partial charge on any atom is 0.170 e. The third-order valence-electron chi connectivity index (χ3n) is 2.09. The molecule has 0 aliphatic carbocycles. The predicted octanol–water partition coefficient (Wildman–Crippen LogP) is 1.95. The van der Waals surface area contributed by atoms with Gasteiger partial charge in [0.15, 0.2) is 5.82 Å². The Morgan fingerprint density at radius 2 is 1.94 bits per heavy atom. The van der Waals surface area contributed by atoms with E-state index in [1.807, 2.05) is 19.1 Å². The lowest BCUT2D eigenvalue weighted by atomic mass is 10.2. The second-order valence-corrected chi connectivity index (χ2v) is 5.00. The minimum atomic E-state index is 0.291. The molecule has 5 nitrogen and oxygen atoms in total. The molecule has 2 aromatic rings. The van der Waals surface area contributed by atoms with E-state index in [1.54, 1.807) is 4.68 Å². The highest BCUT2D eigenvalue weighted by Crippen LogP contribution is 2.30. The van der Waals surface area contributed by atoms with Crippen LogP contribution in [0.15, 0.2) is 21.1 Å². The molecule has 7 heteroatoms. The maximum atomic E-state index is 5.57. The van der Waals surface area contributed by atoms with Crippen molar-refractivity contribution in [1.29, 1.82) is 0 Å². The van der Waals surface area contributed by atoms with Crippen LogP contribution in [0.2, 0.25) is 0 Å². The van der Waals surface area contributed by atoms with Crippen molar-refractivity contribution in [1.82, 2.24) is 20.2 Å². The van der Waals surface area contributed by atoms with Gasteiger partial charge in [-0.3, -0.25) is 0 Å². The topological polar surface area (TPSA) is 69.6 Å². The summed E-state index contributed by atoms with van der Waals surface area (Å²) in [6, 6.07) is 4.00. The van der Waals surface area contributed by atoms with Crippen molar-refractivity contribution in [2.75, 3.05) is 0 Å². The summed E-state index contributed by atoms with van der Waals surface area (Å²) in [6.07, 6.45) is 0. The summed E-state index contributed by atoms with van der Waals surface area (Å²) in [5, 5.41) is 11.4. The molecule has 16 heavy (non-hydrogen) atoms. The van der Waals surface area contributed by atoms with Crippen molar-refractivity contribution < 1.29 is 0 Å². The van der Waals surface area contributed by atoms with E-state index in [2.05, 4.69) is 47.4 Å². The second-order valence-electron chi connectivity index (χ2n) is 3.29. The molecule has 0 atom stereocenters. The molecule has 84 valence electrons. The first-order valence-electron chi connectivity index (χ1n) is 4.57. The molecule has 2 rings (SSSR count). The lowest BCUT2D eigenvalue weighted by Crippen LogP contribution is -2.09. The number of rotatable bonds is 2. The zero-order valence-corrected chi connectivity index (χ0v) is 11.7. The standard InChI is InChI=1S/C9H9Br2N5/c1-5-2-6(10)9(7(11)3-5)16-8(4-12)13-14-15-16/h2-3H,4,12H2,1H3. The lowest BCUT2D eigenvalue weighted by molar-refractivity contribution is 0.756. The summed E-state index contributed by atoms with van der Waals surface area (Å²) in [6.45, 7) is 2.31. The number of nitrogens with two attached hydrogens (primary N) is 1. The van der Waals surface area contributed by atoms with Crippen molar-refractivity contribution in [2.45, 2.75) is 13.5 Å². The average molecular weight is 347 g/mol. The van der Waals surface area contributed by atoms with E-state index in [0.29, 0.717) is 12.4 Å². The number of tetrazole rings is 1. The Labute approximate surface area is 109 Å². The van der Waals surface area contributed by atoms with Crippen molar-refractivity contribution >= 4 is 31.9 Å². The Morgan fingerprint density at radius 3 is 2.50 bits per heavy atom. The van der Waals surface area contributed by atoms with Crippen molar-refractivity contribution in [3.8, 4) is 5.69 Å². The summed E-state index contributed by atoms with van der Waals surface area (Å²) < 4.78 is 3.45. The van der Waals surface area contributed by atoms with E-state index in [4.69, 9.17) is 5.73 Å². The molecule has 1 heterocycles. The van der Waals surface area contributed by atoms with Crippen LogP contribution >= 0.6 is 31.9 Å². The van der Waals surface area contributed by atoms with Crippen molar-refractivity contribution in [3.63, 3.8) is 0 Å². The fourth-order valence-corrected chi connectivity index (χ4v) is 3.15. The highest BCUT2D eigenvalue weighted by molar-refractivity contribution is 9.11. The summed E-state index contributed by atoms with van der Waals surface area (Å²) in [7, 11) is 0. The first-order valence-corrected chi connectivity index (χ1v) is 6.15. The van der Waals surface area contributed by atoms with Gasteiger partial charge in [-0.1, -0.05) is 0 Å². The van der Waals surface area contributed by atoms with E-state index >= 15 is 0 Å². The minimum absolute atomic E-state index is 0.291. The van der Waals surface area contributed by atoms with E-state index in [9.17, 15) is 0 Å². The summed E-state index contributed by atoms with van der Waals surface area (Å²) in [4.78, 5) is 0. The van der Waals surface area contributed by atoms with Crippen LogP contribution < -0.4 is 5.73 Å². The maximum absolute atomic E-state index is 5.57. The van der Waals surface area contributed by atoms with E-state index in [1.165, 1.54) is 0 Å². The molecule has 0 amide bonds. The number of aromatic nitrogens is 4. The number of halogens is 2. The van der Waals surface area contributed by atoms with Crippen molar-refractivity contribution in [3.05, 3.63) is 32.5 Å². The van der Waals surface area contributed by atoms with E-state index < -0.39 is 0 Å². The molecule has 0 saturated carbocycles. The molecule has 1 aromatic heterocycles. The number of aryl methyl sites for hydroxylation is 1. The van der Waals surface area contributed by atoms with Crippen LogP contribution in [0.1, 0.15) is 11.4 Å². The van der Waals surface area contributed by atoms with Gasteiger partial charge in [0.1, 0.15) is 0 Å². The fraction of sp³-hybridized carbons (Fsp3) is 0.222. The van der Waals surface area contributed by atoms with Crippen LogP contribution in [0.5, 0.6) is 0 Å². The van der Waals surface area contributed by atoms with Gasteiger partial charge in [0.2, 0.25) is 0 Å². The molecule has 0 fully saturated rings. The average Bonchev–Trinajstić information content (AvgIpc) is 2.64. The normalized spacial score (nSPS) is 10.8. The third kappa shape index (κ3) is 2.02. The van der Waals surface area contributed by atoms with Gasteiger partial charge in [0.25, 0.3) is 0 Å². The second kappa shape index (κ2) is 4.60. The van der Waals surface area contributed by atoms with Crippen LogP contribution in [0.4, 0.5) is 0 Å². The number of hydrogen-bond donors (Lipinski definition) is 1. The number of nitrogens with zero attached hydrogens (tertiary/aromatic N) is 4. The van der Waals surface area contributed by atoms with Gasteiger partial charge in [0, 0.05) is 8.95 Å². The SMILES string of the molecule is Cc1cc(Br)c(-n2nnnc2CN)c(Br)c1. The Bertz CT molecular complexity index is 499. The lowest BCUT2D eigenvalue weighted by Gasteiger charge is -2.09. The Balaban J connectivity index is 2.64. The Hall–Kier alpha value is -0.790. The molecular weight excluding hydrogens is 338 g/mol. The molecule has 0 bridgehead atoms. The van der Waals surface area contributed by atoms with Gasteiger partial charge in [-0.2, -0.15) is 4.68 Å². The molecule has 0 spiro atoms. The molecule has 2 N–H and O–H groups in total. The van der Waals surface area contributed by atoms with Gasteiger partial charge < -0.3 is 5.73 Å². The molecule has 0 saturated heterocycles. The van der Waals surface area contributed by atoms with Crippen LogP contribution in [0.25, 0.3) is 5.69 Å². The highest BCUT2D eigenvalue weighted by Gasteiger charge is 2.13. The Morgan fingerprint density at radius 1 is 1.31 bits per heavy atom. The molecule has 0 aliphatic rings. The zero-order valence-electron chi connectivity index (χ0n) is 8.48. The third-order valence-corrected chi connectivity index (χ3v) is 3.30. The monoisotopic (exact) mass is 345 g/mol. The predicted molar refractivity (Wildman–Crippen MR) is 67.2 cm³/mol. The largest absolute Gasteiger partial charge is 0.324 e. The summed E-state index contributed by atoms with van der Waals surface area (Å²) in [5.74, 6) is 0.616. The van der Waals surface area contributed by atoms with Crippen molar-refractivity contribution in [2.24, 2.45) is 5.73 Å². The van der Waals surface area contributed by atoms with Gasteiger partial charge in [-0.15, -0.1) is 5.10 Å². The van der Waals surface area contributed by atoms with Gasteiger partial charge >= 0.3 is 0 Å². The van der Waals surface area contributed by atoms with E-state index in [-0.39, 0.29) is 0 Å². The minimum Gasteiger partial charge on any atom is -0.324 e. The van der Waals surface area contributed by atoms with E-state index in [0.717, 1.165) is 20.2 Å². The summed E-state index contributed by atoms with van der Waals surface area (Å²) >= 11 is 6.99. The van der Waals surface area contributed by atoms with Gasteiger partial charge in [-0.25, -0.2) is 0 Å². The van der Waals surface area contributed by atoms with Crippen LogP contribution in [0.3, 0.4) is 0 Å². The quantitative estimate of drug-likeness (QED) is 0.902. The molecular formula is C9H9Br2N5. The highest BCUT2D eigenvalue weighted by atomic mass is 79.9. The smallest absolute Gasteiger partial charge is 0.170 e.